The van der Waals surface area contributed by atoms with Crippen molar-refractivity contribution in [3.05, 3.63) is 47.7 Å². The van der Waals surface area contributed by atoms with Gasteiger partial charge in [-0.1, -0.05) is 51.1 Å². The highest BCUT2D eigenvalue weighted by Crippen LogP contribution is 2.20. The fraction of sp³-hybridized carbons (Fsp3) is 0.308. The van der Waals surface area contributed by atoms with E-state index in [-0.39, 0.29) is 11.2 Å². The molecule has 0 fully saturated rings. The molecule has 0 saturated heterocycles. The Hall–Kier alpha value is -1.57. The number of hydrogen-bond donors (Lipinski definition) is 1. The van der Waals surface area contributed by atoms with E-state index < -0.39 is 0 Å². The van der Waals surface area contributed by atoms with Crippen LogP contribution in [0, 0.1) is 5.41 Å². The molecule has 0 aliphatic heterocycles. The highest BCUT2D eigenvalue weighted by molar-refractivity contribution is 6.04. The summed E-state index contributed by atoms with van der Waals surface area (Å²) in [7, 11) is 0. The standard InChI is InChI=1S/C13H17NO/c1-13(2,3)12(14)9-11(15)10-7-5-4-6-8-10/h4-9H,14H2,1-3H3/b12-9-. The SMILES string of the molecule is CC(C)(C)/C(N)=C/C(=O)c1ccccc1. The Morgan fingerprint density at radius 1 is 1.20 bits per heavy atom. The highest BCUT2D eigenvalue weighted by Gasteiger charge is 2.15. The molecular weight excluding hydrogens is 186 g/mol. The van der Waals surface area contributed by atoms with Crippen LogP contribution < -0.4 is 5.73 Å². The van der Waals surface area contributed by atoms with Crippen molar-refractivity contribution in [2.45, 2.75) is 20.8 Å². The molecule has 2 N–H and O–H groups in total. The molecule has 0 spiro atoms. The van der Waals surface area contributed by atoms with Crippen LogP contribution in [0.15, 0.2) is 42.1 Å². The molecule has 0 bridgehead atoms. The predicted molar refractivity (Wildman–Crippen MR) is 62.5 cm³/mol. The smallest absolute Gasteiger partial charge is 0.187 e. The zero-order chi connectivity index (χ0) is 11.5. The van der Waals surface area contributed by atoms with Gasteiger partial charge in [-0.3, -0.25) is 4.79 Å². The van der Waals surface area contributed by atoms with Crippen LogP contribution >= 0.6 is 0 Å². The molecule has 0 atom stereocenters. The molecule has 1 aromatic carbocycles. The topological polar surface area (TPSA) is 43.1 Å². The average molecular weight is 203 g/mol. The van der Waals surface area contributed by atoms with E-state index in [1.165, 1.54) is 6.08 Å². The van der Waals surface area contributed by atoms with Crippen LogP contribution in [0.25, 0.3) is 0 Å². The van der Waals surface area contributed by atoms with Gasteiger partial charge >= 0.3 is 0 Å². The van der Waals surface area contributed by atoms with E-state index in [0.29, 0.717) is 11.3 Å². The molecule has 0 aliphatic rings. The molecule has 0 aliphatic carbocycles. The summed E-state index contributed by atoms with van der Waals surface area (Å²) in [6, 6.07) is 9.14. The first-order valence-corrected chi connectivity index (χ1v) is 4.98. The summed E-state index contributed by atoms with van der Waals surface area (Å²) in [5.41, 5.74) is 6.95. The number of ketones is 1. The summed E-state index contributed by atoms with van der Waals surface area (Å²) in [5, 5.41) is 0. The number of carbonyl (C=O) groups is 1. The van der Waals surface area contributed by atoms with Crippen LogP contribution in [0.1, 0.15) is 31.1 Å². The Labute approximate surface area is 90.8 Å². The monoisotopic (exact) mass is 203 g/mol. The van der Waals surface area contributed by atoms with Crippen molar-refractivity contribution in [2.75, 3.05) is 0 Å². The maximum atomic E-state index is 11.7. The van der Waals surface area contributed by atoms with Crippen molar-refractivity contribution in [2.24, 2.45) is 11.1 Å². The third kappa shape index (κ3) is 3.24. The lowest BCUT2D eigenvalue weighted by Gasteiger charge is -2.18. The van der Waals surface area contributed by atoms with Crippen molar-refractivity contribution >= 4 is 5.78 Å². The molecule has 0 amide bonds. The van der Waals surface area contributed by atoms with E-state index in [1.807, 2.05) is 39.0 Å². The number of nitrogens with two attached hydrogens (primary N) is 1. The fourth-order valence-electron chi connectivity index (χ4n) is 1.04. The van der Waals surface area contributed by atoms with Crippen LogP contribution in [0.3, 0.4) is 0 Å². The molecule has 0 aromatic heterocycles. The molecule has 0 saturated carbocycles. The minimum atomic E-state index is -0.162. The minimum Gasteiger partial charge on any atom is -0.401 e. The lowest BCUT2D eigenvalue weighted by Crippen LogP contribution is -2.18. The van der Waals surface area contributed by atoms with Crippen molar-refractivity contribution in [1.82, 2.24) is 0 Å². The van der Waals surface area contributed by atoms with Crippen molar-refractivity contribution < 1.29 is 4.79 Å². The van der Waals surface area contributed by atoms with Gasteiger partial charge < -0.3 is 5.73 Å². The van der Waals surface area contributed by atoms with Crippen molar-refractivity contribution in [1.29, 1.82) is 0 Å². The Bertz CT molecular complexity index is 371. The van der Waals surface area contributed by atoms with Gasteiger partial charge in [0.2, 0.25) is 0 Å². The quantitative estimate of drug-likeness (QED) is 0.593. The van der Waals surface area contributed by atoms with Gasteiger partial charge in [-0.2, -0.15) is 0 Å². The zero-order valence-electron chi connectivity index (χ0n) is 9.45. The third-order valence-corrected chi connectivity index (χ3v) is 2.21. The summed E-state index contributed by atoms with van der Waals surface area (Å²) in [6.07, 6.45) is 1.51. The number of allylic oxidation sites excluding steroid dienone is 2. The number of carbonyl (C=O) groups excluding carboxylic acids is 1. The van der Waals surface area contributed by atoms with E-state index in [4.69, 9.17) is 5.73 Å². The van der Waals surface area contributed by atoms with Crippen LogP contribution in [-0.2, 0) is 0 Å². The number of hydrogen-bond acceptors (Lipinski definition) is 2. The molecule has 15 heavy (non-hydrogen) atoms. The van der Waals surface area contributed by atoms with Crippen LogP contribution in [-0.4, -0.2) is 5.78 Å². The van der Waals surface area contributed by atoms with E-state index in [2.05, 4.69) is 0 Å². The molecule has 1 rings (SSSR count). The third-order valence-electron chi connectivity index (χ3n) is 2.21. The van der Waals surface area contributed by atoms with E-state index >= 15 is 0 Å². The van der Waals surface area contributed by atoms with Gasteiger partial charge in [0.25, 0.3) is 0 Å². The molecule has 0 radical (unpaired) electrons. The first kappa shape index (κ1) is 11.5. The highest BCUT2D eigenvalue weighted by atomic mass is 16.1. The van der Waals surface area contributed by atoms with E-state index in [0.717, 1.165) is 0 Å². The van der Waals surface area contributed by atoms with Gasteiger partial charge in [0.15, 0.2) is 5.78 Å². The second-order valence-electron chi connectivity index (χ2n) is 4.58. The van der Waals surface area contributed by atoms with Crippen LogP contribution in [0.2, 0.25) is 0 Å². The summed E-state index contributed by atoms with van der Waals surface area (Å²) in [4.78, 5) is 11.7. The average Bonchev–Trinajstić information content (AvgIpc) is 2.17. The fourth-order valence-corrected chi connectivity index (χ4v) is 1.04. The molecule has 2 nitrogen and oxygen atoms in total. The summed E-state index contributed by atoms with van der Waals surface area (Å²) in [5.74, 6) is -0.0389. The van der Waals surface area contributed by atoms with E-state index in [1.54, 1.807) is 12.1 Å². The van der Waals surface area contributed by atoms with Gasteiger partial charge in [-0.05, 0) is 0 Å². The van der Waals surface area contributed by atoms with Crippen molar-refractivity contribution in [3.63, 3.8) is 0 Å². The molecule has 80 valence electrons. The Morgan fingerprint density at radius 3 is 2.20 bits per heavy atom. The van der Waals surface area contributed by atoms with Crippen molar-refractivity contribution in [3.8, 4) is 0 Å². The Balaban J connectivity index is 2.90. The summed E-state index contributed by atoms with van der Waals surface area (Å²) >= 11 is 0. The van der Waals surface area contributed by atoms with E-state index in [9.17, 15) is 4.79 Å². The van der Waals surface area contributed by atoms with Crippen LogP contribution in [0.5, 0.6) is 0 Å². The lowest BCUT2D eigenvalue weighted by molar-refractivity contribution is 0.104. The molecule has 0 heterocycles. The first-order valence-electron chi connectivity index (χ1n) is 4.98. The van der Waals surface area contributed by atoms with Crippen LogP contribution in [0.4, 0.5) is 0 Å². The van der Waals surface area contributed by atoms with Gasteiger partial charge in [-0.15, -0.1) is 0 Å². The summed E-state index contributed by atoms with van der Waals surface area (Å²) in [6.45, 7) is 5.95. The molecular formula is C13H17NO. The van der Waals surface area contributed by atoms with Gasteiger partial charge in [0.05, 0.1) is 0 Å². The Morgan fingerprint density at radius 2 is 1.73 bits per heavy atom. The maximum Gasteiger partial charge on any atom is 0.187 e. The number of rotatable bonds is 2. The normalized spacial score (nSPS) is 12.6. The molecule has 2 heteroatoms. The lowest BCUT2D eigenvalue weighted by atomic mass is 9.91. The second kappa shape index (κ2) is 4.30. The number of benzene rings is 1. The first-order chi connectivity index (χ1) is 6.91. The van der Waals surface area contributed by atoms with Gasteiger partial charge in [-0.25, -0.2) is 0 Å². The van der Waals surface area contributed by atoms with Gasteiger partial charge in [0.1, 0.15) is 0 Å². The van der Waals surface area contributed by atoms with Gasteiger partial charge in [0, 0.05) is 22.8 Å². The maximum absolute atomic E-state index is 11.7. The molecule has 0 unspecified atom stereocenters. The second-order valence-corrected chi connectivity index (χ2v) is 4.58. The summed E-state index contributed by atoms with van der Waals surface area (Å²) < 4.78 is 0. The zero-order valence-corrected chi connectivity index (χ0v) is 9.45. The minimum absolute atomic E-state index is 0.0389. The largest absolute Gasteiger partial charge is 0.401 e. The Kier molecular flexibility index (Phi) is 3.30. The molecule has 1 aromatic rings. The predicted octanol–water partition coefficient (Wildman–Crippen LogP) is 2.76.